The zero-order chi connectivity index (χ0) is 16.6. The Balaban J connectivity index is 0.000000231. The molecule has 0 saturated carbocycles. The van der Waals surface area contributed by atoms with Crippen LogP contribution in [0.15, 0.2) is 60.7 Å². The van der Waals surface area contributed by atoms with Crippen LogP contribution in [0.5, 0.6) is 0 Å². The number of aryl methyl sites for hydroxylation is 2. The summed E-state index contributed by atoms with van der Waals surface area (Å²) in [4.78, 5) is 0. The Labute approximate surface area is 144 Å². The fourth-order valence-corrected chi connectivity index (χ4v) is 2.62. The molecule has 2 aromatic carbocycles. The van der Waals surface area contributed by atoms with Crippen molar-refractivity contribution in [3.63, 3.8) is 0 Å². The number of hydrogen-bond acceptors (Lipinski definition) is 0. The number of benzene rings is 2. The van der Waals surface area contributed by atoms with Crippen molar-refractivity contribution in [3.8, 4) is 0 Å². The van der Waals surface area contributed by atoms with E-state index in [0.717, 1.165) is 0 Å². The van der Waals surface area contributed by atoms with Crippen molar-refractivity contribution >= 4 is 0 Å². The summed E-state index contributed by atoms with van der Waals surface area (Å²) in [5.41, 5.74) is 2.95. The van der Waals surface area contributed by atoms with Crippen LogP contribution in [-0.4, -0.2) is 0 Å². The zero-order valence-electron chi connectivity index (χ0n) is 15.1. The molecule has 0 bridgehead atoms. The molecule has 0 fully saturated rings. The predicted octanol–water partition coefficient (Wildman–Crippen LogP) is 7.23. The quantitative estimate of drug-likeness (QED) is 0.428. The minimum atomic E-state index is 1.24. The van der Waals surface area contributed by atoms with Crippen LogP contribution in [0, 0.1) is 0 Å². The van der Waals surface area contributed by atoms with E-state index in [2.05, 4.69) is 74.5 Å². The van der Waals surface area contributed by atoms with Crippen LogP contribution in [0.1, 0.15) is 69.9 Å². The molecular weight excluding hydrogens is 276 g/mol. The van der Waals surface area contributed by atoms with Gasteiger partial charge in [-0.3, -0.25) is 0 Å². The number of rotatable bonds is 9. The van der Waals surface area contributed by atoms with Crippen LogP contribution in [-0.2, 0) is 12.8 Å². The van der Waals surface area contributed by atoms with Gasteiger partial charge in [-0.1, -0.05) is 107 Å². The van der Waals surface area contributed by atoms with Gasteiger partial charge in [0.05, 0.1) is 0 Å². The molecule has 0 saturated heterocycles. The van der Waals surface area contributed by atoms with Gasteiger partial charge in [0.25, 0.3) is 0 Å². The molecule has 0 aliphatic carbocycles. The van der Waals surface area contributed by atoms with Gasteiger partial charge >= 0.3 is 0 Å². The SMILES string of the molecule is CCCCCCc1ccccc1.CCCCCc1ccccc1. The van der Waals surface area contributed by atoms with E-state index in [0.29, 0.717) is 0 Å². The molecule has 0 unspecified atom stereocenters. The third kappa shape index (κ3) is 10.7. The lowest BCUT2D eigenvalue weighted by Crippen LogP contribution is -1.84. The summed E-state index contributed by atoms with van der Waals surface area (Å²) in [6.45, 7) is 4.49. The number of unbranched alkanes of at least 4 members (excludes halogenated alkanes) is 5. The normalized spacial score (nSPS) is 10.0. The zero-order valence-corrected chi connectivity index (χ0v) is 15.1. The minimum Gasteiger partial charge on any atom is -0.0654 e. The molecule has 0 radical (unpaired) electrons. The third-order valence-corrected chi connectivity index (χ3v) is 4.07. The van der Waals surface area contributed by atoms with Crippen LogP contribution < -0.4 is 0 Å². The van der Waals surface area contributed by atoms with Crippen molar-refractivity contribution < 1.29 is 0 Å². The molecule has 23 heavy (non-hydrogen) atoms. The molecule has 0 aromatic heterocycles. The average molecular weight is 311 g/mol. The fraction of sp³-hybridized carbons (Fsp3) is 0.478. The van der Waals surface area contributed by atoms with E-state index in [1.165, 1.54) is 68.9 Å². The van der Waals surface area contributed by atoms with Crippen molar-refractivity contribution in [1.82, 2.24) is 0 Å². The lowest BCUT2D eigenvalue weighted by molar-refractivity contribution is 0.667. The first kappa shape index (κ1) is 19.5. The van der Waals surface area contributed by atoms with Crippen molar-refractivity contribution in [2.75, 3.05) is 0 Å². The second-order valence-corrected chi connectivity index (χ2v) is 6.24. The van der Waals surface area contributed by atoms with E-state index in [1.54, 1.807) is 0 Å². The smallest absolute Gasteiger partial charge is 0.0279 e. The highest BCUT2D eigenvalue weighted by Gasteiger charge is 1.91. The average Bonchev–Trinajstić information content (AvgIpc) is 2.61. The van der Waals surface area contributed by atoms with E-state index in [1.807, 2.05) is 0 Å². The Morgan fingerprint density at radius 2 is 0.870 bits per heavy atom. The van der Waals surface area contributed by atoms with Crippen molar-refractivity contribution in [2.24, 2.45) is 0 Å². The summed E-state index contributed by atoms with van der Waals surface area (Å²) in [7, 11) is 0. The molecule has 0 heterocycles. The van der Waals surface area contributed by atoms with Gasteiger partial charge in [-0.25, -0.2) is 0 Å². The van der Waals surface area contributed by atoms with E-state index >= 15 is 0 Å². The van der Waals surface area contributed by atoms with Crippen molar-refractivity contribution in [2.45, 2.75) is 71.6 Å². The van der Waals surface area contributed by atoms with Gasteiger partial charge < -0.3 is 0 Å². The van der Waals surface area contributed by atoms with Crippen LogP contribution in [0.4, 0.5) is 0 Å². The summed E-state index contributed by atoms with van der Waals surface area (Å²) < 4.78 is 0. The molecule has 0 N–H and O–H groups in total. The molecule has 0 aliphatic heterocycles. The van der Waals surface area contributed by atoms with Gasteiger partial charge in [0.15, 0.2) is 0 Å². The molecule has 126 valence electrons. The molecule has 2 rings (SSSR count). The van der Waals surface area contributed by atoms with Crippen molar-refractivity contribution in [1.29, 1.82) is 0 Å². The Bertz CT molecular complexity index is 458. The molecule has 0 amide bonds. The topological polar surface area (TPSA) is 0 Å². The fourth-order valence-electron chi connectivity index (χ4n) is 2.62. The molecular formula is C23H34. The first-order valence-electron chi connectivity index (χ1n) is 9.44. The molecule has 0 aliphatic rings. The van der Waals surface area contributed by atoms with Gasteiger partial charge in [0, 0.05) is 0 Å². The standard InChI is InChI=1S/C12H18.C11H16/c1-2-3-4-6-9-12-10-7-5-8-11-12;1-2-3-5-8-11-9-6-4-7-10-11/h5,7-8,10-11H,2-4,6,9H2,1H3;4,6-7,9-10H,2-3,5,8H2,1H3. The summed E-state index contributed by atoms with van der Waals surface area (Å²) in [6.07, 6.45) is 11.9. The van der Waals surface area contributed by atoms with E-state index in [4.69, 9.17) is 0 Å². The molecule has 0 atom stereocenters. The Hall–Kier alpha value is -1.56. The Kier molecular flexibility index (Phi) is 11.9. The Morgan fingerprint density at radius 3 is 1.30 bits per heavy atom. The highest BCUT2D eigenvalue weighted by atomic mass is 14.0. The van der Waals surface area contributed by atoms with E-state index in [-0.39, 0.29) is 0 Å². The summed E-state index contributed by atoms with van der Waals surface area (Å²) >= 11 is 0. The first-order valence-corrected chi connectivity index (χ1v) is 9.44. The molecule has 2 aromatic rings. The van der Waals surface area contributed by atoms with Crippen LogP contribution in [0.2, 0.25) is 0 Å². The van der Waals surface area contributed by atoms with Gasteiger partial charge in [-0.05, 0) is 36.8 Å². The highest BCUT2D eigenvalue weighted by molar-refractivity contribution is 5.15. The van der Waals surface area contributed by atoms with Gasteiger partial charge in [0.2, 0.25) is 0 Å². The summed E-state index contributed by atoms with van der Waals surface area (Å²) in [5, 5.41) is 0. The van der Waals surface area contributed by atoms with E-state index < -0.39 is 0 Å². The second kappa shape index (κ2) is 14.1. The lowest BCUT2D eigenvalue weighted by atomic mass is 10.1. The van der Waals surface area contributed by atoms with Crippen LogP contribution >= 0.6 is 0 Å². The molecule has 0 heteroatoms. The van der Waals surface area contributed by atoms with Gasteiger partial charge in [0.1, 0.15) is 0 Å². The highest BCUT2D eigenvalue weighted by Crippen LogP contribution is 2.07. The largest absolute Gasteiger partial charge is 0.0654 e. The first-order chi connectivity index (χ1) is 11.4. The predicted molar refractivity (Wildman–Crippen MR) is 104 cm³/mol. The maximum absolute atomic E-state index is 2.25. The van der Waals surface area contributed by atoms with Crippen molar-refractivity contribution in [3.05, 3.63) is 71.8 Å². The van der Waals surface area contributed by atoms with Crippen LogP contribution in [0.3, 0.4) is 0 Å². The van der Waals surface area contributed by atoms with Gasteiger partial charge in [-0.2, -0.15) is 0 Å². The second-order valence-electron chi connectivity index (χ2n) is 6.24. The minimum absolute atomic E-state index is 1.24. The van der Waals surface area contributed by atoms with Gasteiger partial charge in [-0.15, -0.1) is 0 Å². The Morgan fingerprint density at radius 1 is 0.478 bits per heavy atom. The maximum atomic E-state index is 2.25. The monoisotopic (exact) mass is 310 g/mol. The third-order valence-electron chi connectivity index (χ3n) is 4.07. The molecule has 0 nitrogen and oxygen atoms in total. The number of hydrogen-bond donors (Lipinski definition) is 0. The summed E-state index contributed by atoms with van der Waals surface area (Å²) in [5.74, 6) is 0. The maximum Gasteiger partial charge on any atom is -0.0279 e. The molecule has 0 spiro atoms. The van der Waals surface area contributed by atoms with Crippen LogP contribution in [0.25, 0.3) is 0 Å². The van der Waals surface area contributed by atoms with E-state index in [9.17, 15) is 0 Å². The lowest BCUT2D eigenvalue weighted by Gasteiger charge is -1.99. The summed E-state index contributed by atoms with van der Waals surface area (Å²) in [6, 6.07) is 21.5.